The number of hydrogen-bond acceptors (Lipinski definition) is 20. The summed E-state index contributed by atoms with van der Waals surface area (Å²) in [4.78, 5) is 45.5. The zero-order valence-corrected chi connectivity index (χ0v) is 53.8. The first-order valence-corrected chi connectivity index (χ1v) is 30.0. The van der Waals surface area contributed by atoms with Gasteiger partial charge in [-0.2, -0.15) is 26.3 Å². The number of alkyl halides is 6. The third-order valence-electron chi connectivity index (χ3n) is 11.8. The van der Waals surface area contributed by atoms with E-state index in [0.717, 1.165) is 36.5 Å². The van der Waals surface area contributed by atoms with E-state index in [4.69, 9.17) is 76.9 Å². The molecule has 2 fully saturated rings. The number of nitrogens with zero attached hydrogens (tertiary/aromatic N) is 7. The number of hydrogen-bond donors (Lipinski definition) is 5. The maximum atomic E-state index is 13.4. The lowest BCUT2D eigenvalue weighted by Gasteiger charge is -2.24. The molecule has 0 saturated carbocycles. The summed E-state index contributed by atoms with van der Waals surface area (Å²) in [5.41, 5.74) is 2.75. The molecule has 7 rings (SSSR count). The number of benzene rings is 2. The van der Waals surface area contributed by atoms with Crippen molar-refractivity contribution in [3.63, 3.8) is 0 Å². The molecule has 2 aliphatic rings. The maximum absolute atomic E-state index is 13.4. The molecular weight excluding hydrogens is 1320 g/mol. The highest BCUT2D eigenvalue weighted by Crippen LogP contribution is 2.39. The number of anilines is 2. The fourth-order valence-electron chi connectivity index (χ4n) is 7.85. The highest BCUT2D eigenvalue weighted by molar-refractivity contribution is 7.93. The molecule has 1 unspecified atom stereocenters. The number of amides is 3. The van der Waals surface area contributed by atoms with Crippen LogP contribution in [-0.2, 0) is 65.6 Å². The average molecular weight is 1390 g/mol. The Morgan fingerprint density at radius 3 is 1.49 bits per heavy atom. The molecule has 89 heavy (non-hydrogen) atoms. The van der Waals surface area contributed by atoms with E-state index < -0.39 is 111 Å². The molecular formula is C51H64Cl4F6N12O14S2. The minimum absolute atomic E-state index is 0.0222. The van der Waals surface area contributed by atoms with Crippen LogP contribution in [0.1, 0.15) is 69.2 Å². The first kappa shape index (κ1) is 75.3. The molecule has 5 heterocycles. The van der Waals surface area contributed by atoms with E-state index >= 15 is 0 Å². The second-order valence-corrected chi connectivity index (χ2v) is 25.7. The molecule has 2 saturated heterocycles. The molecule has 5 aromatic rings. The molecule has 3 aromatic heterocycles. The van der Waals surface area contributed by atoms with Crippen LogP contribution >= 0.6 is 46.4 Å². The van der Waals surface area contributed by atoms with Crippen molar-refractivity contribution in [3.05, 3.63) is 104 Å². The van der Waals surface area contributed by atoms with Crippen molar-refractivity contribution in [2.24, 2.45) is 11.6 Å². The van der Waals surface area contributed by atoms with E-state index in [1.165, 1.54) is 51.9 Å². The molecule has 3 amide bonds. The number of carbonyl (C=O) groups is 3. The molecule has 0 bridgehead atoms. The minimum atomic E-state index is -4.88. The number of nitrogens with two attached hydrogens (primary N) is 2. The molecule has 7 N–H and O–H groups in total. The Bertz CT molecular complexity index is 3490. The quantitative estimate of drug-likeness (QED) is 0.0228. The van der Waals surface area contributed by atoms with Gasteiger partial charge in [-0.15, -0.1) is 10.2 Å². The lowest BCUT2D eigenvalue weighted by molar-refractivity contribution is -0.252. The number of likely N-dealkylation sites (tertiary alicyclic amines) is 2. The van der Waals surface area contributed by atoms with Crippen molar-refractivity contribution in [1.29, 1.82) is 0 Å². The number of ether oxygens (including phenoxy) is 7. The molecule has 2 aromatic carbocycles. The van der Waals surface area contributed by atoms with Crippen LogP contribution in [0.15, 0.2) is 77.0 Å². The largest absolute Gasteiger partial charge is 0.444 e. The average Bonchev–Trinajstić information content (AvgIpc) is 1.84. The summed E-state index contributed by atoms with van der Waals surface area (Å²) in [6.07, 6.45) is -7.53. The van der Waals surface area contributed by atoms with Crippen molar-refractivity contribution in [1.82, 2.24) is 40.0 Å². The van der Waals surface area contributed by atoms with Gasteiger partial charge in [-0.3, -0.25) is 19.7 Å². The van der Waals surface area contributed by atoms with Gasteiger partial charge in [0.05, 0.1) is 89.8 Å². The SMILES string of the molecule is COC(OC)OC.CO[C@H]1CN(C(=O)OC(C)(C)C)CC1n1cnnc1-c1ncc(Cl)cc1NS(=O)(=O)c1ccc(Cl)c(C(F)(F)F)c1.CO[C@H]1CN(C(=O)OC(C)(C)C)C[C@@H]1N.NNC(=O)c1ncc(Cl)cc1NS(=O)(=O)c1ccc(Cl)c(C(F)(F)F)c1. The van der Waals surface area contributed by atoms with Gasteiger partial charge in [0.2, 0.25) is 0 Å². The molecule has 4 atom stereocenters. The lowest BCUT2D eigenvalue weighted by atomic mass is 10.2. The summed E-state index contributed by atoms with van der Waals surface area (Å²) in [6, 6.07) is 5.88. The summed E-state index contributed by atoms with van der Waals surface area (Å²) in [6.45, 7) is 11.6. The molecule has 26 nitrogen and oxygen atoms in total. The Kier molecular flexibility index (Phi) is 26.4. The zero-order chi connectivity index (χ0) is 67.4. The number of nitrogens with one attached hydrogen (secondary N) is 3. The first-order chi connectivity index (χ1) is 41.1. The van der Waals surface area contributed by atoms with Crippen LogP contribution in [0.5, 0.6) is 0 Å². The number of carbonyl (C=O) groups excluding carboxylic acids is 3. The Morgan fingerprint density at radius 1 is 0.640 bits per heavy atom. The Labute approximate surface area is 528 Å². The number of halogens is 10. The summed E-state index contributed by atoms with van der Waals surface area (Å²) in [5, 5.41) is 6.73. The topological polar surface area (TPSA) is 335 Å². The van der Waals surface area contributed by atoms with Crippen LogP contribution in [0.2, 0.25) is 20.1 Å². The number of pyridine rings is 2. The van der Waals surface area contributed by atoms with Crippen molar-refractivity contribution in [2.75, 3.05) is 71.2 Å². The van der Waals surface area contributed by atoms with E-state index in [1.807, 2.05) is 25.5 Å². The van der Waals surface area contributed by atoms with Crippen molar-refractivity contribution >= 4 is 95.9 Å². The Morgan fingerprint density at radius 2 is 1.08 bits per heavy atom. The number of rotatable bonds is 14. The van der Waals surface area contributed by atoms with Crippen LogP contribution in [0, 0.1) is 0 Å². The van der Waals surface area contributed by atoms with Gasteiger partial charge in [0, 0.05) is 61.0 Å². The van der Waals surface area contributed by atoms with Crippen LogP contribution in [0.25, 0.3) is 11.5 Å². The Hall–Kier alpha value is -6.15. The number of aromatic nitrogens is 5. The van der Waals surface area contributed by atoms with Gasteiger partial charge in [-0.25, -0.2) is 42.2 Å². The summed E-state index contributed by atoms with van der Waals surface area (Å²) in [5.74, 6) is 4.13. The zero-order valence-electron chi connectivity index (χ0n) is 49.2. The van der Waals surface area contributed by atoms with Crippen LogP contribution in [-0.4, -0.2) is 167 Å². The van der Waals surface area contributed by atoms with Crippen LogP contribution in [0.4, 0.5) is 47.3 Å². The van der Waals surface area contributed by atoms with Gasteiger partial charge in [0.25, 0.3) is 32.4 Å². The predicted molar refractivity (Wildman–Crippen MR) is 313 cm³/mol. The van der Waals surface area contributed by atoms with Gasteiger partial charge < -0.3 is 53.3 Å². The molecule has 2 aliphatic heterocycles. The summed E-state index contributed by atoms with van der Waals surface area (Å²) < 4.78 is 171. The third kappa shape index (κ3) is 21.5. The second kappa shape index (κ2) is 31.2. The van der Waals surface area contributed by atoms with E-state index in [0.29, 0.717) is 25.2 Å². The fourth-order valence-corrected chi connectivity index (χ4v) is 10.8. The third-order valence-corrected chi connectivity index (χ3v) is 15.6. The van der Waals surface area contributed by atoms with Crippen LogP contribution < -0.4 is 26.4 Å². The molecule has 494 valence electrons. The monoisotopic (exact) mass is 1390 g/mol. The van der Waals surface area contributed by atoms with E-state index in [2.05, 4.69) is 39.1 Å². The summed E-state index contributed by atoms with van der Waals surface area (Å²) >= 11 is 22.9. The number of methoxy groups -OCH3 is 5. The van der Waals surface area contributed by atoms with Crippen LogP contribution in [0.3, 0.4) is 0 Å². The fraction of sp³-hybridized carbons (Fsp3) is 0.471. The number of hydrazine groups is 1. The van der Waals surface area contributed by atoms with Gasteiger partial charge in [0.15, 0.2) is 11.5 Å². The number of nitrogen functional groups attached to an aromatic ring is 1. The normalized spacial score (nSPS) is 17.1. The van der Waals surface area contributed by atoms with Crippen molar-refractivity contribution in [3.8, 4) is 11.5 Å². The van der Waals surface area contributed by atoms with E-state index in [-0.39, 0.29) is 64.3 Å². The highest BCUT2D eigenvalue weighted by Gasteiger charge is 2.41. The Balaban J connectivity index is 0.000000298. The number of sulfonamides is 2. The molecule has 0 radical (unpaired) electrons. The predicted octanol–water partition coefficient (Wildman–Crippen LogP) is 8.87. The summed E-state index contributed by atoms with van der Waals surface area (Å²) in [7, 11) is -1.50. The lowest BCUT2D eigenvalue weighted by Crippen LogP contribution is -2.36. The van der Waals surface area contributed by atoms with E-state index in [1.54, 1.807) is 42.8 Å². The smallest absolute Gasteiger partial charge is 0.417 e. The maximum Gasteiger partial charge on any atom is 0.417 e. The minimum Gasteiger partial charge on any atom is -0.444 e. The second-order valence-electron chi connectivity index (χ2n) is 20.7. The molecule has 0 spiro atoms. The van der Waals surface area contributed by atoms with E-state index in [9.17, 15) is 57.6 Å². The standard InChI is InChI=1S/C24H25Cl2F3N6O5S.C13H9Cl2F3N4O3S.C10H20N2O3.C4H10O3/c1-23(2,3)40-22(36)34-10-18(19(11-34)39-4)35-12-31-32-21(35)20-17(7-13(25)9-30-20)33-41(37,38)14-5-6-16(26)15(8-14)24(27,28)29;14-6-3-10(11(20-5-6)12(23)21-19)22-26(24,25)7-1-2-9(15)8(4-7)13(16,17)18;1-10(2,3)15-9(13)12-5-7(11)8(6-12)14-4;1-5-4(6-2)7-3/h5-9,12,18-19,33H,10-11H2,1-4H3;1-5,22H,19H2,(H,21,23);7-8H,5-6,11H2,1-4H3;4H,1-3H3/t18?,19-;;7-,8-;/m0.0./s1. The first-order valence-electron chi connectivity index (χ1n) is 25.5. The van der Waals surface area contributed by atoms with Crippen molar-refractivity contribution in [2.45, 2.75) is 106 Å². The van der Waals surface area contributed by atoms with Gasteiger partial charge in [-0.05, 0) is 90.1 Å². The van der Waals surface area contributed by atoms with Gasteiger partial charge >= 0.3 is 24.5 Å². The molecule has 0 aliphatic carbocycles. The van der Waals surface area contributed by atoms with Gasteiger partial charge in [0.1, 0.15) is 23.2 Å². The highest BCUT2D eigenvalue weighted by atomic mass is 35.5. The van der Waals surface area contributed by atoms with Crippen molar-refractivity contribution < 1.29 is 90.7 Å². The van der Waals surface area contributed by atoms with Gasteiger partial charge in [-0.1, -0.05) is 46.4 Å². The molecule has 38 heteroatoms.